The Morgan fingerprint density at radius 1 is 1.20 bits per heavy atom. The number of halogens is 3. The highest BCUT2D eigenvalue weighted by Gasteiger charge is 2.33. The molecule has 6 nitrogen and oxygen atoms in total. The molecule has 0 bridgehead atoms. The lowest BCUT2D eigenvalue weighted by atomic mass is 10.1. The number of pyridine rings is 1. The van der Waals surface area contributed by atoms with Gasteiger partial charge in [0.05, 0.1) is 6.54 Å². The zero-order valence-corrected chi connectivity index (χ0v) is 13.1. The van der Waals surface area contributed by atoms with Gasteiger partial charge in [-0.2, -0.15) is 18.2 Å². The van der Waals surface area contributed by atoms with Gasteiger partial charge < -0.3 is 9.64 Å². The van der Waals surface area contributed by atoms with E-state index in [9.17, 15) is 18.0 Å². The maximum absolute atomic E-state index is 12.7. The highest BCUT2D eigenvalue weighted by atomic mass is 19.4. The molecular formula is C16H15F3N4O2. The average molecular weight is 352 g/mol. The van der Waals surface area contributed by atoms with Crippen LogP contribution in [0.15, 0.2) is 36.7 Å². The molecule has 3 rings (SSSR count). The Labute approximate surface area is 141 Å². The fourth-order valence-electron chi connectivity index (χ4n) is 2.57. The normalized spacial score (nSPS) is 18.0. The fraction of sp³-hybridized carbons (Fsp3) is 0.375. The number of carbonyl (C=O) groups excluding carboxylic acids is 1. The molecule has 0 aromatic carbocycles. The number of hydrogen-bond acceptors (Lipinski definition) is 5. The highest BCUT2D eigenvalue weighted by Crippen LogP contribution is 2.28. The molecule has 0 radical (unpaired) electrons. The van der Waals surface area contributed by atoms with E-state index in [2.05, 4.69) is 15.0 Å². The van der Waals surface area contributed by atoms with Gasteiger partial charge in [-0.15, -0.1) is 0 Å². The van der Waals surface area contributed by atoms with Crippen molar-refractivity contribution in [1.29, 1.82) is 0 Å². The van der Waals surface area contributed by atoms with Gasteiger partial charge in [-0.3, -0.25) is 9.78 Å². The SMILES string of the molecule is O=C(c1ccccn1)N1CCCC(Oc2nccc(C(F)(F)F)n2)C1. The van der Waals surface area contributed by atoms with Gasteiger partial charge in [0.15, 0.2) is 5.69 Å². The average Bonchev–Trinajstić information content (AvgIpc) is 2.61. The minimum Gasteiger partial charge on any atom is -0.458 e. The number of carbonyl (C=O) groups is 1. The largest absolute Gasteiger partial charge is 0.458 e. The molecule has 132 valence electrons. The van der Waals surface area contributed by atoms with Crippen LogP contribution in [0.2, 0.25) is 0 Å². The van der Waals surface area contributed by atoms with Gasteiger partial charge in [0, 0.05) is 18.9 Å². The minimum absolute atomic E-state index is 0.237. The van der Waals surface area contributed by atoms with E-state index in [1.54, 1.807) is 23.1 Å². The molecule has 0 saturated carbocycles. The van der Waals surface area contributed by atoms with Crippen molar-refractivity contribution < 1.29 is 22.7 Å². The quantitative estimate of drug-likeness (QED) is 0.849. The van der Waals surface area contributed by atoms with Gasteiger partial charge in [0.25, 0.3) is 5.91 Å². The molecule has 0 N–H and O–H groups in total. The second kappa shape index (κ2) is 7.04. The predicted octanol–water partition coefficient (Wildman–Crippen LogP) is 2.57. The molecule has 1 fully saturated rings. The van der Waals surface area contributed by atoms with Gasteiger partial charge >= 0.3 is 12.2 Å². The number of ether oxygens (including phenoxy) is 1. The zero-order valence-electron chi connectivity index (χ0n) is 13.1. The van der Waals surface area contributed by atoms with Crippen molar-refractivity contribution in [2.75, 3.05) is 13.1 Å². The molecule has 2 aromatic rings. The zero-order chi connectivity index (χ0) is 17.9. The molecule has 9 heteroatoms. The molecule has 1 atom stereocenters. The van der Waals surface area contributed by atoms with Crippen LogP contribution in [0, 0.1) is 0 Å². The summed E-state index contributed by atoms with van der Waals surface area (Å²) >= 11 is 0. The van der Waals surface area contributed by atoms with E-state index in [-0.39, 0.29) is 18.5 Å². The van der Waals surface area contributed by atoms with E-state index < -0.39 is 18.0 Å². The van der Waals surface area contributed by atoms with Crippen molar-refractivity contribution in [1.82, 2.24) is 19.9 Å². The van der Waals surface area contributed by atoms with Crippen molar-refractivity contribution >= 4 is 5.91 Å². The van der Waals surface area contributed by atoms with E-state index in [4.69, 9.17) is 4.74 Å². The Hall–Kier alpha value is -2.71. The Morgan fingerprint density at radius 2 is 2.04 bits per heavy atom. The van der Waals surface area contributed by atoms with Crippen molar-refractivity contribution in [3.63, 3.8) is 0 Å². The molecular weight excluding hydrogens is 337 g/mol. The van der Waals surface area contributed by atoms with Crippen LogP contribution in [0.25, 0.3) is 0 Å². The second-order valence-corrected chi connectivity index (χ2v) is 5.57. The summed E-state index contributed by atoms with van der Waals surface area (Å²) in [5, 5.41) is 0. The summed E-state index contributed by atoms with van der Waals surface area (Å²) in [5.74, 6) is -0.237. The first-order valence-corrected chi connectivity index (χ1v) is 7.70. The molecule has 25 heavy (non-hydrogen) atoms. The van der Waals surface area contributed by atoms with E-state index in [1.165, 1.54) is 6.20 Å². The maximum Gasteiger partial charge on any atom is 0.433 e. The molecule has 1 saturated heterocycles. The van der Waals surface area contributed by atoms with Crippen molar-refractivity contribution in [2.45, 2.75) is 25.1 Å². The Balaban J connectivity index is 1.67. The molecule has 1 aliphatic heterocycles. The third-order valence-corrected chi connectivity index (χ3v) is 3.75. The summed E-state index contributed by atoms with van der Waals surface area (Å²) in [4.78, 5) is 25.1. The van der Waals surface area contributed by atoms with Crippen LogP contribution < -0.4 is 4.74 Å². The van der Waals surface area contributed by atoms with Crippen LogP contribution in [-0.4, -0.2) is 45.0 Å². The lowest BCUT2D eigenvalue weighted by Crippen LogP contribution is -2.44. The van der Waals surface area contributed by atoms with E-state index in [0.29, 0.717) is 25.1 Å². The monoisotopic (exact) mass is 352 g/mol. The first-order valence-electron chi connectivity index (χ1n) is 7.70. The Bertz CT molecular complexity index is 740. The van der Waals surface area contributed by atoms with Crippen molar-refractivity contribution in [3.05, 3.63) is 48.0 Å². The summed E-state index contributed by atoms with van der Waals surface area (Å²) < 4.78 is 43.6. The summed E-state index contributed by atoms with van der Waals surface area (Å²) in [5.41, 5.74) is -0.742. The minimum atomic E-state index is -4.56. The summed E-state index contributed by atoms with van der Waals surface area (Å²) in [6.45, 7) is 0.785. The number of aromatic nitrogens is 3. The summed E-state index contributed by atoms with van der Waals surface area (Å²) in [7, 11) is 0. The molecule has 3 heterocycles. The third-order valence-electron chi connectivity index (χ3n) is 3.75. The lowest BCUT2D eigenvalue weighted by Gasteiger charge is -2.32. The van der Waals surface area contributed by atoms with Gasteiger partial charge in [0.2, 0.25) is 0 Å². The lowest BCUT2D eigenvalue weighted by molar-refractivity contribution is -0.141. The molecule has 0 aliphatic carbocycles. The van der Waals surface area contributed by atoms with Crippen LogP contribution in [-0.2, 0) is 6.18 Å². The number of likely N-dealkylation sites (tertiary alicyclic amines) is 1. The molecule has 1 amide bonds. The molecule has 2 aromatic heterocycles. The number of nitrogens with zero attached hydrogens (tertiary/aromatic N) is 4. The van der Waals surface area contributed by atoms with Crippen LogP contribution in [0.4, 0.5) is 13.2 Å². The fourth-order valence-corrected chi connectivity index (χ4v) is 2.57. The van der Waals surface area contributed by atoms with E-state index in [0.717, 1.165) is 12.3 Å². The standard InChI is InChI=1S/C16H15F3N4O2/c17-16(18,19)13-6-8-21-15(22-13)25-11-4-3-9-23(10-11)14(24)12-5-1-2-7-20-12/h1-2,5-8,11H,3-4,9-10H2. The summed E-state index contributed by atoms with van der Waals surface area (Å²) in [6, 6.07) is 5.48. The third kappa shape index (κ3) is 4.23. The van der Waals surface area contributed by atoms with Crippen molar-refractivity contribution in [2.24, 2.45) is 0 Å². The number of alkyl halides is 3. The van der Waals surface area contributed by atoms with Crippen LogP contribution in [0.5, 0.6) is 6.01 Å². The van der Waals surface area contributed by atoms with Gasteiger partial charge in [0.1, 0.15) is 11.8 Å². The van der Waals surface area contributed by atoms with Gasteiger partial charge in [-0.25, -0.2) is 4.98 Å². The van der Waals surface area contributed by atoms with Crippen LogP contribution in [0.1, 0.15) is 29.0 Å². The first-order chi connectivity index (χ1) is 11.9. The topological polar surface area (TPSA) is 68.2 Å². The number of amides is 1. The van der Waals surface area contributed by atoms with E-state index in [1.807, 2.05) is 0 Å². The summed E-state index contributed by atoms with van der Waals surface area (Å²) in [6.07, 6.45) is -1.22. The predicted molar refractivity (Wildman–Crippen MR) is 80.8 cm³/mol. The number of rotatable bonds is 3. The second-order valence-electron chi connectivity index (χ2n) is 5.57. The Kier molecular flexibility index (Phi) is 4.82. The van der Waals surface area contributed by atoms with Gasteiger partial charge in [-0.05, 0) is 31.0 Å². The van der Waals surface area contributed by atoms with Crippen molar-refractivity contribution in [3.8, 4) is 6.01 Å². The number of hydrogen-bond donors (Lipinski definition) is 0. The van der Waals surface area contributed by atoms with Gasteiger partial charge in [-0.1, -0.05) is 6.07 Å². The van der Waals surface area contributed by atoms with Crippen LogP contribution >= 0.6 is 0 Å². The maximum atomic E-state index is 12.7. The Morgan fingerprint density at radius 3 is 2.76 bits per heavy atom. The molecule has 1 unspecified atom stereocenters. The highest BCUT2D eigenvalue weighted by molar-refractivity contribution is 5.92. The molecule has 0 spiro atoms. The number of piperidine rings is 1. The molecule has 1 aliphatic rings. The van der Waals surface area contributed by atoms with Crippen LogP contribution in [0.3, 0.4) is 0 Å². The smallest absolute Gasteiger partial charge is 0.433 e. The van der Waals surface area contributed by atoms with E-state index >= 15 is 0 Å². The first kappa shape index (κ1) is 17.1.